The van der Waals surface area contributed by atoms with Gasteiger partial charge in [0.25, 0.3) is 5.91 Å². The van der Waals surface area contributed by atoms with Crippen LogP contribution in [0.1, 0.15) is 0 Å². The fraction of sp³-hybridized carbons (Fsp3) is 0.217. The molecule has 0 aliphatic carbocycles. The second-order valence-electron chi connectivity index (χ2n) is 7.71. The van der Waals surface area contributed by atoms with Gasteiger partial charge in [-0.2, -0.15) is 4.31 Å². The molecule has 11 heteroatoms. The van der Waals surface area contributed by atoms with Crippen LogP contribution in [0.5, 0.6) is 0 Å². The van der Waals surface area contributed by atoms with E-state index in [2.05, 4.69) is 10.6 Å². The van der Waals surface area contributed by atoms with E-state index in [1.54, 1.807) is 18.2 Å². The Kier molecular flexibility index (Phi) is 6.77. The molecular weight excluding hydrogens is 461 g/mol. The van der Waals surface area contributed by atoms with E-state index in [1.165, 1.54) is 30.3 Å². The third-order valence-electron chi connectivity index (χ3n) is 5.47. The molecule has 1 heterocycles. The number of anilines is 1. The third kappa shape index (κ3) is 4.72. The standard InChI is InChI=1S/C23H24FN5O4S/c24-18-6-3-7-19(15-18)27-23(31)28-12-13-29(22(28)21(30)26-11-10-25)34(32,33)20-9-8-16-4-1-2-5-17(16)14-20/h1-9,14-15,22H,10-13,25H2,(H,26,30)(H,27,31). The van der Waals surface area contributed by atoms with Crippen LogP contribution in [0.4, 0.5) is 14.9 Å². The molecule has 4 N–H and O–H groups in total. The lowest BCUT2D eigenvalue weighted by molar-refractivity contribution is -0.127. The molecule has 1 aliphatic heterocycles. The van der Waals surface area contributed by atoms with E-state index < -0.39 is 33.9 Å². The Bertz CT molecular complexity index is 1330. The summed E-state index contributed by atoms with van der Waals surface area (Å²) < 4.78 is 41.6. The van der Waals surface area contributed by atoms with Crippen LogP contribution in [0.2, 0.25) is 0 Å². The van der Waals surface area contributed by atoms with Crippen LogP contribution in [0.25, 0.3) is 10.8 Å². The first kappa shape index (κ1) is 23.6. The predicted molar refractivity (Wildman–Crippen MR) is 126 cm³/mol. The van der Waals surface area contributed by atoms with Crippen molar-refractivity contribution in [1.29, 1.82) is 0 Å². The largest absolute Gasteiger partial charge is 0.352 e. The zero-order valence-corrected chi connectivity index (χ0v) is 19.0. The second-order valence-corrected chi connectivity index (χ2v) is 9.60. The Balaban J connectivity index is 1.66. The van der Waals surface area contributed by atoms with Gasteiger partial charge in [0.05, 0.1) is 4.90 Å². The summed E-state index contributed by atoms with van der Waals surface area (Å²) in [6.45, 7) is 0.130. The highest BCUT2D eigenvalue weighted by molar-refractivity contribution is 7.89. The molecule has 0 radical (unpaired) electrons. The van der Waals surface area contributed by atoms with Crippen molar-refractivity contribution in [1.82, 2.24) is 14.5 Å². The van der Waals surface area contributed by atoms with Crippen LogP contribution in [-0.4, -0.2) is 61.9 Å². The summed E-state index contributed by atoms with van der Waals surface area (Å²) in [6.07, 6.45) is -1.43. The number of carbonyl (C=O) groups excluding carboxylic acids is 2. The SMILES string of the molecule is NCCNC(=O)C1N(C(=O)Nc2cccc(F)c2)CCN1S(=O)(=O)c1ccc2ccccc2c1. The Labute approximate surface area is 196 Å². The van der Waals surface area contributed by atoms with Crippen molar-refractivity contribution in [3.8, 4) is 0 Å². The molecule has 1 aliphatic rings. The van der Waals surface area contributed by atoms with Crippen LogP contribution in [0.3, 0.4) is 0 Å². The Hall–Kier alpha value is -3.54. The summed E-state index contributed by atoms with van der Waals surface area (Å²) >= 11 is 0. The number of rotatable bonds is 6. The predicted octanol–water partition coefficient (Wildman–Crippen LogP) is 1.92. The number of hydrogen-bond acceptors (Lipinski definition) is 5. The lowest BCUT2D eigenvalue weighted by Gasteiger charge is -2.28. The van der Waals surface area contributed by atoms with Gasteiger partial charge in [-0.05, 0) is 41.1 Å². The van der Waals surface area contributed by atoms with E-state index in [0.29, 0.717) is 0 Å². The summed E-state index contributed by atoms with van der Waals surface area (Å²) in [5.41, 5.74) is 5.66. The van der Waals surface area contributed by atoms with Crippen LogP contribution >= 0.6 is 0 Å². The van der Waals surface area contributed by atoms with Gasteiger partial charge in [0.1, 0.15) is 5.82 Å². The highest BCUT2D eigenvalue weighted by Gasteiger charge is 2.46. The Morgan fingerprint density at radius 1 is 1.00 bits per heavy atom. The smallest absolute Gasteiger partial charge is 0.323 e. The van der Waals surface area contributed by atoms with Gasteiger partial charge in [-0.1, -0.05) is 36.4 Å². The molecule has 3 amide bonds. The van der Waals surface area contributed by atoms with Crippen molar-refractivity contribution in [2.45, 2.75) is 11.1 Å². The summed E-state index contributed by atoms with van der Waals surface area (Å²) in [7, 11) is -4.14. The first-order chi connectivity index (χ1) is 16.3. The van der Waals surface area contributed by atoms with Crippen LogP contribution in [0, 0.1) is 5.82 Å². The zero-order valence-electron chi connectivity index (χ0n) is 18.1. The van der Waals surface area contributed by atoms with E-state index in [-0.39, 0.29) is 36.8 Å². The van der Waals surface area contributed by atoms with Gasteiger partial charge in [0.15, 0.2) is 6.17 Å². The molecule has 0 spiro atoms. The number of hydrogen-bond donors (Lipinski definition) is 3. The fourth-order valence-corrected chi connectivity index (χ4v) is 5.44. The fourth-order valence-electron chi connectivity index (χ4n) is 3.85. The quantitative estimate of drug-likeness (QED) is 0.492. The first-order valence-electron chi connectivity index (χ1n) is 10.6. The summed E-state index contributed by atoms with van der Waals surface area (Å²) in [5.74, 6) is -1.22. The number of sulfonamides is 1. The van der Waals surface area contributed by atoms with E-state index in [1.807, 2.05) is 12.1 Å². The molecule has 178 valence electrons. The lowest BCUT2D eigenvalue weighted by Crippen LogP contribution is -2.55. The van der Waals surface area contributed by atoms with E-state index in [0.717, 1.165) is 26.0 Å². The minimum absolute atomic E-state index is 0.00946. The van der Waals surface area contributed by atoms with E-state index in [9.17, 15) is 22.4 Å². The number of nitrogens with one attached hydrogen (secondary N) is 2. The maximum absolute atomic E-state index is 13.6. The van der Waals surface area contributed by atoms with Crippen molar-refractivity contribution >= 4 is 38.4 Å². The van der Waals surface area contributed by atoms with Crippen molar-refractivity contribution in [3.05, 3.63) is 72.5 Å². The molecule has 1 saturated heterocycles. The molecule has 1 atom stereocenters. The minimum Gasteiger partial charge on any atom is -0.352 e. The lowest BCUT2D eigenvalue weighted by atomic mass is 10.1. The Morgan fingerprint density at radius 2 is 1.76 bits per heavy atom. The second kappa shape index (κ2) is 9.75. The highest BCUT2D eigenvalue weighted by Crippen LogP contribution is 2.27. The van der Waals surface area contributed by atoms with Crippen LogP contribution in [-0.2, 0) is 14.8 Å². The molecule has 4 rings (SSSR count). The number of nitrogens with two attached hydrogens (primary N) is 1. The Morgan fingerprint density at radius 3 is 2.50 bits per heavy atom. The third-order valence-corrected chi connectivity index (χ3v) is 7.32. The normalized spacial score (nSPS) is 16.5. The molecule has 3 aromatic carbocycles. The van der Waals surface area contributed by atoms with Crippen molar-refractivity contribution in [2.24, 2.45) is 5.73 Å². The molecule has 9 nitrogen and oxygen atoms in total. The number of amides is 3. The molecule has 3 aromatic rings. The van der Waals surface area contributed by atoms with Crippen molar-refractivity contribution < 1.29 is 22.4 Å². The number of carbonyl (C=O) groups is 2. The summed E-state index contributed by atoms with van der Waals surface area (Å²) in [5, 5.41) is 6.69. The topological polar surface area (TPSA) is 125 Å². The highest BCUT2D eigenvalue weighted by atomic mass is 32.2. The molecule has 34 heavy (non-hydrogen) atoms. The molecule has 0 bridgehead atoms. The van der Waals surface area contributed by atoms with Gasteiger partial charge >= 0.3 is 6.03 Å². The van der Waals surface area contributed by atoms with Crippen molar-refractivity contribution in [2.75, 3.05) is 31.5 Å². The van der Waals surface area contributed by atoms with Gasteiger partial charge in [-0.25, -0.2) is 17.6 Å². The van der Waals surface area contributed by atoms with Gasteiger partial charge in [0, 0.05) is 31.9 Å². The zero-order chi connectivity index (χ0) is 24.3. The van der Waals surface area contributed by atoms with Crippen LogP contribution < -0.4 is 16.4 Å². The summed E-state index contributed by atoms with van der Waals surface area (Å²) in [4.78, 5) is 27.1. The maximum Gasteiger partial charge on any atom is 0.323 e. The number of urea groups is 1. The monoisotopic (exact) mass is 485 g/mol. The number of halogens is 1. The molecule has 1 fully saturated rings. The van der Waals surface area contributed by atoms with E-state index in [4.69, 9.17) is 5.73 Å². The molecule has 0 saturated carbocycles. The number of fused-ring (bicyclic) bond motifs is 1. The van der Waals surface area contributed by atoms with Crippen LogP contribution in [0.15, 0.2) is 71.6 Å². The molecule has 0 aromatic heterocycles. The average molecular weight is 486 g/mol. The van der Waals surface area contributed by atoms with Gasteiger partial charge < -0.3 is 16.4 Å². The molecule has 1 unspecified atom stereocenters. The maximum atomic E-state index is 13.6. The minimum atomic E-state index is -4.14. The van der Waals surface area contributed by atoms with E-state index >= 15 is 0 Å². The van der Waals surface area contributed by atoms with Gasteiger partial charge in [0.2, 0.25) is 10.0 Å². The first-order valence-corrected chi connectivity index (χ1v) is 12.1. The molecular formula is C23H24FN5O4S. The number of benzene rings is 3. The van der Waals surface area contributed by atoms with Crippen molar-refractivity contribution in [3.63, 3.8) is 0 Å². The summed E-state index contributed by atoms with van der Waals surface area (Å²) in [6, 6.07) is 16.6. The average Bonchev–Trinajstić information content (AvgIpc) is 3.29. The van der Waals surface area contributed by atoms with Gasteiger partial charge in [-0.3, -0.25) is 9.69 Å². The van der Waals surface area contributed by atoms with Gasteiger partial charge in [-0.15, -0.1) is 0 Å². The number of nitrogens with zero attached hydrogens (tertiary/aromatic N) is 2.